The van der Waals surface area contributed by atoms with Crippen LogP contribution in [0.1, 0.15) is 40.0 Å². The Bertz CT molecular complexity index is 482. The Morgan fingerprint density at radius 1 is 1.42 bits per heavy atom. The van der Waals surface area contributed by atoms with Crippen molar-refractivity contribution in [2.75, 3.05) is 5.32 Å². The molecule has 2 rings (SSSR count). The van der Waals surface area contributed by atoms with Gasteiger partial charge in [-0.2, -0.15) is 0 Å². The van der Waals surface area contributed by atoms with Gasteiger partial charge in [-0.05, 0) is 52.2 Å². The average Bonchev–Trinajstić information content (AvgIpc) is 2.25. The summed E-state index contributed by atoms with van der Waals surface area (Å²) in [6, 6.07) is 5.18. The molecule has 0 bridgehead atoms. The van der Waals surface area contributed by atoms with E-state index in [4.69, 9.17) is 4.74 Å². The summed E-state index contributed by atoms with van der Waals surface area (Å²) in [5.74, 6) is 0.327. The quantitative estimate of drug-likeness (QED) is 0.650. The van der Waals surface area contributed by atoms with Gasteiger partial charge in [0.1, 0.15) is 5.69 Å². The number of nitro groups is 1. The van der Waals surface area contributed by atoms with Crippen LogP contribution in [0.25, 0.3) is 0 Å². The van der Waals surface area contributed by atoms with E-state index in [9.17, 15) is 10.1 Å². The van der Waals surface area contributed by atoms with E-state index in [2.05, 4.69) is 12.2 Å². The lowest BCUT2D eigenvalue weighted by atomic mass is 9.78. The number of anilines is 1. The summed E-state index contributed by atoms with van der Waals surface area (Å²) in [6.07, 6.45) is 3.16. The van der Waals surface area contributed by atoms with Crippen molar-refractivity contribution in [3.8, 4) is 5.75 Å². The summed E-state index contributed by atoms with van der Waals surface area (Å²) in [5.41, 5.74) is 0.552. The third-order valence-electron chi connectivity index (χ3n) is 3.44. The third kappa shape index (κ3) is 2.97. The van der Waals surface area contributed by atoms with Crippen LogP contribution in [0, 0.1) is 10.1 Å². The fraction of sp³-hybridized carbons (Fsp3) is 0.571. The van der Waals surface area contributed by atoms with Gasteiger partial charge in [-0.15, -0.1) is 0 Å². The van der Waals surface area contributed by atoms with E-state index in [1.807, 2.05) is 13.8 Å². The van der Waals surface area contributed by atoms with E-state index < -0.39 is 0 Å². The van der Waals surface area contributed by atoms with Gasteiger partial charge in [-0.25, -0.2) is 0 Å². The highest BCUT2D eigenvalue weighted by atomic mass is 16.6. The van der Waals surface area contributed by atoms with E-state index in [0.717, 1.165) is 12.8 Å². The van der Waals surface area contributed by atoms with Crippen molar-refractivity contribution >= 4 is 11.4 Å². The summed E-state index contributed by atoms with van der Waals surface area (Å²) in [4.78, 5) is 10.9. The van der Waals surface area contributed by atoms with Gasteiger partial charge in [0.05, 0.1) is 11.0 Å². The zero-order valence-corrected chi connectivity index (χ0v) is 11.6. The van der Waals surface area contributed by atoms with E-state index in [1.165, 1.54) is 6.42 Å². The zero-order chi connectivity index (χ0) is 14.0. The Morgan fingerprint density at radius 3 is 2.58 bits per heavy atom. The molecular weight excluding hydrogens is 244 g/mol. The summed E-state index contributed by atoms with van der Waals surface area (Å²) in [7, 11) is 0. The van der Waals surface area contributed by atoms with Gasteiger partial charge in [0.15, 0.2) is 5.75 Å². The first-order valence-electron chi connectivity index (χ1n) is 6.63. The van der Waals surface area contributed by atoms with Gasteiger partial charge in [0.25, 0.3) is 0 Å². The van der Waals surface area contributed by atoms with Crippen LogP contribution in [0.2, 0.25) is 0 Å². The van der Waals surface area contributed by atoms with E-state index in [-0.39, 0.29) is 22.3 Å². The zero-order valence-electron chi connectivity index (χ0n) is 11.6. The maximum atomic E-state index is 11.3. The molecule has 5 nitrogen and oxygen atoms in total. The molecule has 0 heterocycles. The Labute approximate surface area is 113 Å². The van der Waals surface area contributed by atoms with Crippen LogP contribution >= 0.6 is 0 Å². The van der Waals surface area contributed by atoms with Crippen LogP contribution in [0.4, 0.5) is 11.4 Å². The largest absolute Gasteiger partial charge is 0.484 e. The lowest BCUT2D eigenvalue weighted by Gasteiger charge is -2.39. The SMILES string of the molecule is CC(C)Oc1cccc(NC2(C)CCC2)c1[N+](=O)[O-]. The maximum absolute atomic E-state index is 11.3. The van der Waals surface area contributed by atoms with E-state index in [0.29, 0.717) is 11.4 Å². The lowest BCUT2D eigenvalue weighted by Crippen LogP contribution is -2.41. The van der Waals surface area contributed by atoms with Gasteiger partial charge in [-0.3, -0.25) is 10.1 Å². The molecule has 0 atom stereocenters. The monoisotopic (exact) mass is 264 g/mol. The molecule has 0 saturated heterocycles. The number of benzene rings is 1. The number of nitro benzene ring substituents is 1. The molecular formula is C14H20N2O3. The summed E-state index contributed by atoms with van der Waals surface area (Å²) in [6.45, 7) is 5.81. The Hall–Kier alpha value is -1.78. The van der Waals surface area contributed by atoms with Gasteiger partial charge >= 0.3 is 5.69 Å². The van der Waals surface area contributed by atoms with Crippen LogP contribution in [0.15, 0.2) is 18.2 Å². The summed E-state index contributed by atoms with van der Waals surface area (Å²) >= 11 is 0. The van der Waals surface area contributed by atoms with Gasteiger partial charge < -0.3 is 10.1 Å². The van der Waals surface area contributed by atoms with Crippen LogP contribution < -0.4 is 10.1 Å². The first kappa shape index (κ1) is 13.6. The first-order chi connectivity index (χ1) is 8.91. The molecule has 1 aromatic carbocycles. The van der Waals surface area contributed by atoms with E-state index >= 15 is 0 Å². The number of para-hydroxylation sites is 1. The topological polar surface area (TPSA) is 64.4 Å². The Balaban J connectivity index is 2.33. The Kier molecular flexibility index (Phi) is 3.64. The molecule has 1 fully saturated rings. The van der Waals surface area contributed by atoms with Crippen LogP contribution in [0.3, 0.4) is 0 Å². The average molecular weight is 264 g/mol. The number of ether oxygens (including phenoxy) is 1. The second-order valence-electron chi connectivity index (χ2n) is 5.62. The predicted molar refractivity (Wildman–Crippen MR) is 74.7 cm³/mol. The number of nitrogens with one attached hydrogen (secondary N) is 1. The molecule has 0 unspecified atom stereocenters. The van der Waals surface area contributed by atoms with Crippen molar-refractivity contribution in [3.63, 3.8) is 0 Å². The number of hydrogen-bond donors (Lipinski definition) is 1. The van der Waals surface area contributed by atoms with Crippen molar-refractivity contribution in [2.24, 2.45) is 0 Å². The van der Waals surface area contributed by atoms with Crippen LogP contribution in [-0.4, -0.2) is 16.6 Å². The normalized spacial score (nSPS) is 16.8. The minimum Gasteiger partial charge on any atom is -0.484 e. The molecule has 1 aliphatic carbocycles. The van der Waals surface area contributed by atoms with Crippen molar-refractivity contribution < 1.29 is 9.66 Å². The second-order valence-corrected chi connectivity index (χ2v) is 5.62. The molecule has 1 aromatic rings. The van der Waals surface area contributed by atoms with Crippen molar-refractivity contribution in [2.45, 2.75) is 51.7 Å². The highest BCUT2D eigenvalue weighted by Gasteiger charge is 2.34. The lowest BCUT2D eigenvalue weighted by molar-refractivity contribution is -0.385. The molecule has 19 heavy (non-hydrogen) atoms. The third-order valence-corrected chi connectivity index (χ3v) is 3.44. The van der Waals surface area contributed by atoms with Gasteiger partial charge in [0.2, 0.25) is 0 Å². The van der Waals surface area contributed by atoms with Gasteiger partial charge in [0, 0.05) is 5.54 Å². The number of nitrogens with zero attached hydrogens (tertiary/aromatic N) is 1. The molecule has 1 saturated carbocycles. The van der Waals surface area contributed by atoms with Gasteiger partial charge in [-0.1, -0.05) is 6.07 Å². The molecule has 104 valence electrons. The molecule has 0 amide bonds. The minimum atomic E-state index is -0.373. The number of hydrogen-bond acceptors (Lipinski definition) is 4. The molecule has 1 aliphatic rings. The molecule has 1 N–H and O–H groups in total. The maximum Gasteiger partial charge on any atom is 0.333 e. The number of rotatable bonds is 5. The minimum absolute atomic E-state index is 0.0266. The predicted octanol–water partition coefficient (Wildman–Crippen LogP) is 3.74. The second kappa shape index (κ2) is 5.07. The van der Waals surface area contributed by atoms with Crippen molar-refractivity contribution in [1.82, 2.24) is 0 Å². The summed E-state index contributed by atoms with van der Waals surface area (Å²) in [5, 5.41) is 14.6. The highest BCUT2D eigenvalue weighted by molar-refractivity contribution is 5.69. The Morgan fingerprint density at radius 2 is 2.11 bits per heavy atom. The van der Waals surface area contributed by atoms with Crippen LogP contribution in [-0.2, 0) is 0 Å². The molecule has 0 radical (unpaired) electrons. The van der Waals surface area contributed by atoms with Crippen LogP contribution in [0.5, 0.6) is 5.75 Å². The fourth-order valence-corrected chi connectivity index (χ4v) is 2.32. The van der Waals surface area contributed by atoms with Crippen molar-refractivity contribution in [3.05, 3.63) is 28.3 Å². The smallest absolute Gasteiger partial charge is 0.333 e. The molecule has 0 aromatic heterocycles. The molecule has 5 heteroatoms. The fourth-order valence-electron chi connectivity index (χ4n) is 2.32. The van der Waals surface area contributed by atoms with E-state index in [1.54, 1.807) is 18.2 Å². The molecule has 0 aliphatic heterocycles. The standard InChI is InChI=1S/C14H20N2O3/c1-10(2)19-12-7-4-6-11(13(12)16(17)18)15-14(3)8-5-9-14/h4,6-7,10,15H,5,8-9H2,1-3H3. The first-order valence-corrected chi connectivity index (χ1v) is 6.63. The summed E-state index contributed by atoms with van der Waals surface area (Å²) < 4.78 is 5.53. The van der Waals surface area contributed by atoms with Crippen molar-refractivity contribution in [1.29, 1.82) is 0 Å². The highest BCUT2D eigenvalue weighted by Crippen LogP contribution is 2.41. The molecule has 0 spiro atoms.